The molecule has 21 heavy (non-hydrogen) atoms. The Labute approximate surface area is 127 Å². The molecule has 1 aromatic heterocycles. The van der Waals surface area contributed by atoms with Gasteiger partial charge >= 0.3 is 0 Å². The van der Waals surface area contributed by atoms with E-state index in [4.69, 9.17) is 0 Å². The Morgan fingerprint density at radius 3 is 2.76 bits per heavy atom. The number of hydrogen-bond acceptors (Lipinski definition) is 4. The predicted octanol–water partition coefficient (Wildman–Crippen LogP) is 3.48. The molecular weight excluding hydrogens is 289 g/mol. The second kappa shape index (κ2) is 7.17. The van der Waals surface area contributed by atoms with E-state index in [0.29, 0.717) is 5.13 Å². The average molecular weight is 307 g/mol. The number of nitrogens with zero attached hydrogens (tertiary/aromatic N) is 1. The first-order valence-electron chi connectivity index (χ1n) is 6.83. The first kappa shape index (κ1) is 15.4. The minimum absolute atomic E-state index is 0.0250. The van der Waals surface area contributed by atoms with Crippen LogP contribution < -0.4 is 10.6 Å². The van der Waals surface area contributed by atoms with Crippen LogP contribution in [-0.2, 0) is 11.2 Å². The minimum atomic E-state index is -0.276. The second-order valence-corrected chi connectivity index (χ2v) is 5.69. The molecule has 0 aliphatic rings. The fraction of sp³-hybridized carbons (Fsp3) is 0.333. The summed E-state index contributed by atoms with van der Waals surface area (Å²) in [5.41, 5.74) is 1.49. The van der Waals surface area contributed by atoms with Crippen LogP contribution in [0.15, 0.2) is 29.6 Å². The molecule has 112 valence electrons. The third-order valence-electron chi connectivity index (χ3n) is 3.01. The number of carbonyl (C=O) groups is 1. The molecule has 0 fully saturated rings. The van der Waals surface area contributed by atoms with E-state index in [-0.39, 0.29) is 24.2 Å². The van der Waals surface area contributed by atoms with Crippen LogP contribution in [0, 0.1) is 5.82 Å². The average Bonchev–Trinajstić information content (AvgIpc) is 2.88. The van der Waals surface area contributed by atoms with Gasteiger partial charge in [-0.05, 0) is 37.6 Å². The van der Waals surface area contributed by atoms with Crippen LogP contribution in [0.3, 0.4) is 0 Å². The largest absolute Gasteiger partial charge is 0.353 e. The van der Waals surface area contributed by atoms with Gasteiger partial charge < -0.3 is 10.6 Å². The third-order valence-corrected chi connectivity index (χ3v) is 3.82. The van der Waals surface area contributed by atoms with E-state index >= 15 is 0 Å². The number of rotatable bonds is 6. The lowest BCUT2D eigenvalue weighted by atomic mass is 10.2. The lowest BCUT2D eigenvalue weighted by molar-refractivity contribution is -0.121. The van der Waals surface area contributed by atoms with Crippen molar-refractivity contribution in [3.8, 4) is 0 Å². The normalized spacial score (nSPS) is 12.0. The zero-order valence-corrected chi connectivity index (χ0v) is 12.8. The fourth-order valence-electron chi connectivity index (χ4n) is 1.69. The van der Waals surface area contributed by atoms with E-state index in [2.05, 4.69) is 15.6 Å². The number of amides is 1. The maximum atomic E-state index is 12.8. The zero-order chi connectivity index (χ0) is 15.2. The van der Waals surface area contributed by atoms with Gasteiger partial charge in [-0.15, -0.1) is 11.3 Å². The number of benzene rings is 1. The summed E-state index contributed by atoms with van der Waals surface area (Å²) in [5.74, 6) is -0.301. The Morgan fingerprint density at radius 1 is 1.38 bits per heavy atom. The molecule has 6 heteroatoms. The molecule has 0 radical (unpaired) electrons. The van der Waals surface area contributed by atoms with Crippen molar-refractivity contribution in [2.24, 2.45) is 0 Å². The Hall–Kier alpha value is -1.95. The van der Waals surface area contributed by atoms with Gasteiger partial charge in [0, 0.05) is 17.1 Å². The lowest BCUT2D eigenvalue weighted by Crippen LogP contribution is -2.33. The van der Waals surface area contributed by atoms with Crippen molar-refractivity contribution in [3.05, 3.63) is 41.2 Å². The molecule has 2 rings (SSSR count). The minimum Gasteiger partial charge on any atom is -0.353 e. The highest BCUT2D eigenvalue weighted by Gasteiger charge is 2.09. The van der Waals surface area contributed by atoms with Crippen molar-refractivity contribution >= 4 is 28.1 Å². The molecule has 0 bridgehead atoms. The lowest BCUT2D eigenvalue weighted by Gasteiger charge is -2.10. The van der Waals surface area contributed by atoms with E-state index in [1.165, 1.54) is 23.5 Å². The summed E-state index contributed by atoms with van der Waals surface area (Å²) in [5, 5.41) is 8.53. The number of carbonyl (C=O) groups excluding carboxylic acids is 1. The summed E-state index contributed by atoms with van der Waals surface area (Å²) < 4.78 is 12.8. The summed E-state index contributed by atoms with van der Waals surface area (Å²) in [7, 11) is 0. The van der Waals surface area contributed by atoms with Crippen LogP contribution in [0.1, 0.15) is 26.0 Å². The van der Waals surface area contributed by atoms with Crippen LogP contribution in [0.25, 0.3) is 0 Å². The standard InChI is InChI=1S/C15H18FN3OS/c1-3-10(2)17-14(20)8-13-9-21-15(19-13)18-12-6-4-11(16)5-7-12/h4-7,9-10H,3,8H2,1-2H3,(H,17,20)(H,18,19). The molecule has 1 atom stereocenters. The van der Waals surface area contributed by atoms with Gasteiger partial charge in [0.2, 0.25) is 5.91 Å². The molecule has 0 aliphatic heterocycles. The summed E-state index contributed by atoms with van der Waals surface area (Å²) in [6, 6.07) is 6.23. The summed E-state index contributed by atoms with van der Waals surface area (Å²) in [6.45, 7) is 4.00. The molecular formula is C15H18FN3OS. The second-order valence-electron chi connectivity index (χ2n) is 4.83. The van der Waals surface area contributed by atoms with Gasteiger partial charge in [0.1, 0.15) is 5.82 Å². The summed E-state index contributed by atoms with van der Waals surface area (Å²) in [4.78, 5) is 16.1. The Balaban J connectivity index is 1.92. The quantitative estimate of drug-likeness (QED) is 0.859. The van der Waals surface area contributed by atoms with E-state index in [1.807, 2.05) is 19.2 Å². The summed E-state index contributed by atoms with van der Waals surface area (Å²) in [6.07, 6.45) is 1.17. The van der Waals surface area contributed by atoms with Crippen molar-refractivity contribution < 1.29 is 9.18 Å². The van der Waals surface area contributed by atoms with Gasteiger partial charge in [0.05, 0.1) is 12.1 Å². The van der Waals surface area contributed by atoms with Gasteiger partial charge in [-0.2, -0.15) is 0 Å². The zero-order valence-electron chi connectivity index (χ0n) is 12.0. The van der Waals surface area contributed by atoms with Crippen LogP contribution in [0.4, 0.5) is 15.2 Å². The highest BCUT2D eigenvalue weighted by Crippen LogP contribution is 2.21. The monoisotopic (exact) mass is 307 g/mol. The number of halogens is 1. The Kier molecular flexibility index (Phi) is 5.27. The number of nitrogens with one attached hydrogen (secondary N) is 2. The smallest absolute Gasteiger partial charge is 0.226 e. The van der Waals surface area contributed by atoms with Crippen LogP contribution in [0.2, 0.25) is 0 Å². The van der Waals surface area contributed by atoms with Gasteiger partial charge in [0.15, 0.2) is 5.13 Å². The topological polar surface area (TPSA) is 54.0 Å². The number of aromatic nitrogens is 1. The highest BCUT2D eigenvalue weighted by atomic mass is 32.1. The van der Waals surface area contributed by atoms with Gasteiger partial charge in [-0.3, -0.25) is 4.79 Å². The molecule has 2 aromatic rings. The Bertz CT molecular complexity index is 597. The van der Waals surface area contributed by atoms with Crippen molar-refractivity contribution in [1.29, 1.82) is 0 Å². The molecule has 1 aromatic carbocycles. The van der Waals surface area contributed by atoms with Crippen LogP contribution in [0.5, 0.6) is 0 Å². The van der Waals surface area contributed by atoms with Gasteiger partial charge in [0.25, 0.3) is 0 Å². The molecule has 1 amide bonds. The maximum Gasteiger partial charge on any atom is 0.226 e. The Morgan fingerprint density at radius 2 is 2.10 bits per heavy atom. The fourth-order valence-corrected chi connectivity index (χ4v) is 2.43. The molecule has 1 heterocycles. The third kappa shape index (κ3) is 4.82. The molecule has 0 saturated heterocycles. The summed E-state index contributed by atoms with van der Waals surface area (Å²) >= 11 is 1.42. The first-order chi connectivity index (χ1) is 10.1. The van der Waals surface area contributed by atoms with Crippen molar-refractivity contribution in [3.63, 3.8) is 0 Å². The van der Waals surface area contributed by atoms with E-state index in [1.54, 1.807) is 12.1 Å². The van der Waals surface area contributed by atoms with E-state index in [0.717, 1.165) is 17.8 Å². The first-order valence-corrected chi connectivity index (χ1v) is 7.71. The maximum absolute atomic E-state index is 12.8. The molecule has 0 saturated carbocycles. The van der Waals surface area contributed by atoms with Gasteiger partial charge in [-0.1, -0.05) is 6.92 Å². The van der Waals surface area contributed by atoms with Gasteiger partial charge in [-0.25, -0.2) is 9.37 Å². The predicted molar refractivity (Wildman–Crippen MR) is 83.4 cm³/mol. The molecule has 0 aliphatic carbocycles. The number of anilines is 2. The van der Waals surface area contributed by atoms with Crippen LogP contribution in [-0.4, -0.2) is 16.9 Å². The molecule has 1 unspecified atom stereocenters. The van der Waals surface area contributed by atoms with E-state index < -0.39 is 0 Å². The SMILES string of the molecule is CCC(C)NC(=O)Cc1csc(Nc2ccc(F)cc2)n1. The van der Waals surface area contributed by atoms with Crippen molar-refractivity contribution in [2.45, 2.75) is 32.7 Å². The van der Waals surface area contributed by atoms with Crippen LogP contribution >= 0.6 is 11.3 Å². The number of hydrogen-bond donors (Lipinski definition) is 2. The number of thiazole rings is 1. The van der Waals surface area contributed by atoms with E-state index in [9.17, 15) is 9.18 Å². The molecule has 2 N–H and O–H groups in total. The molecule has 0 spiro atoms. The van der Waals surface area contributed by atoms with Crippen molar-refractivity contribution in [1.82, 2.24) is 10.3 Å². The molecule has 4 nitrogen and oxygen atoms in total. The van der Waals surface area contributed by atoms with Crippen molar-refractivity contribution in [2.75, 3.05) is 5.32 Å². The highest BCUT2D eigenvalue weighted by molar-refractivity contribution is 7.13.